The molecule has 2 saturated heterocycles. The Balaban J connectivity index is 1.77. The number of rotatable bonds is 1. The number of hydrogen-bond acceptors (Lipinski definition) is 5. The van der Waals surface area contributed by atoms with Gasteiger partial charge in [-0.1, -0.05) is 0 Å². The van der Waals surface area contributed by atoms with E-state index in [0.29, 0.717) is 11.1 Å². The number of carbonyl (C=O) groups excluding carboxylic acids is 2. The molecule has 0 amide bonds. The van der Waals surface area contributed by atoms with Gasteiger partial charge >= 0.3 is 11.9 Å². The Hall–Kier alpha value is -1.62. The molecule has 5 heteroatoms. The van der Waals surface area contributed by atoms with Crippen molar-refractivity contribution in [3.63, 3.8) is 0 Å². The maximum atomic E-state index is 12.2. The molecular weight excluding hydrogens is 294 g/mol. The first-order valence-electron chi connectivity index (χ1n) is 8.57. The second kappa shape index (κ2) is 5.20. The molecule has 0 N–H and O–H groups in total. The first-order chi connectivity index (χ1) is 11.0. The van der Waals surface area contributed by atoms with Crippen LogP contribution in [0.4, 0.5) is 0 Å². The van der Waals surface area contributed by atoms with Gasteiger partial charge in [0.05, 0.1) is 6.04 Å². The highest BCUT2D eigenvalue weighted by Crippen LogP contribution is 2.47. The van der Waals surface area contributed by atoms with Gasteiger partial charge < -0.3 is 9.47 Å². The summed E-state index contributed by atoms with van der Waals surface area (Å²) < 4.78 is 11.6. The first kappa shape index (κ1) is 14.9. The molecule has 0 bridgehead atoms. The molecule has 0 aromatic rings. The van der Waals surface area contributed by atoms with Crippen molar-refractivity contribution >= 4 is 11.9 Å². The Bertz CT molecular complexity index is 623. The van der Waals surface area contributed by atoms with Crippen molar-refractivity contribution in [3.8, 4) is 0 Å². The number of nitrogens with zero attached hydrogens (tertiary/aromatic N) is 1. The van der Waals surface area contributed by atoms with Crippen LogP contribution in [0.2, 0.25) is 0 Å². The molecule has 4 atom stereocenters. The van der Waals surface area contributed by atoms with Crippen LogP contribution < -0.4 is 0 Å². The van der Waals surface area contributed by atoms with Crippen LogP contribution in [-0.2, 0) is 19.1 Å². The molecule has 23 heavy (non-hydrogen) atoms. The Labute approximate surface area is 136 Å². The fourth-order valence-corrected chi connectivity index (χ4v) is 4.79. The predicted octanol–water partition coefficient (Wildman–Crippen LogP) is 1.97. The SMILES string of the molecule is CC1=CC(C2CCCN3CCCC3C23C=C(C)C(=O)O3)OC1=O. The van der Waals surface area contributed by atoms with Gasteiger partial charge in [-0.3, -0.25) is 4.90 Å². The van der Waals surface area contributed by atoms with Crippen LogP contribution in [0.25, 0.3) is 0 Å². The summed E-state index contributed by atoms with van der Waals surface area (Å²) in [6.45, 7) is 5.69. The minimum absolute atomic E-state index is 0.00148. The fourth-order valence-electron chi connectivity index (χ4n) is 4.79. The number of esters is 2. The molecule has 2 fully saturated rings. The van der Waals surface area contributed by atoms with Gasteiger partial charge in [0.15, 0.2) is 5.60 Å². The van der Waals surface area contributed by atoms with E-state index in [9.17, 15) is 9.59 Å². The van der Waals surface area contributed by atoms with E-state index in [1.165, 1.54) is 0 Å². The third-order valence-corrected chi connectivity index (χ3v) is 5.83. The Morgan fingerprint density at radius 2 is 1.83 bits per heavy atom. The number of ether oxygens (including phenoxy) is 2. The van der Waals surface area contributed by atoms with E-state index in [2.05, 4.69) is 4.90 Å². The second-order valence-electron chi connectivity index (χ2n) is 7.23. The van der Waals surface area contributed by atoms with Crippen molar-refractivity contribution in [1.82, 2.24) is 4.90 Å². The third kappa shape index (κ3) is 2.17. The van der Waals surface area contributed by atoms with Crippen LogP contribution in [0.1, 0.15) is 39.5 Å². The monoisotopic (exact) mass is 317 g/mol. The Morgan fingerprint density at radius 1 is 1.09 bits per heavy atom. The number of cyclic esters (lactones) is 1. The van der Waals surface area contributed by atoms with Crippen LogP contribution in [0.15, 0.2) is 23.3 Å². The quantitative estimate of drug-likeness (QED) is 0.692. The lowest BCUT2D eigenvalue weighted by atomic mass is 9.75. The van der Waals surface area contributed by atoms with Crippen LogP contribution >= 0.6 is 0 Å². The summed E-state index contributed by atoms with van der Waals surface area (Å²) in [4.78, 5) is 26.5. The van der Waals surface area contributed by atoms with E-state index in [1.54, 1.807) is 6.92 Å². The predicted molar refractivity (Wildman–Crippen MR) is 83.5 cm³/mol. The molecule has 0 radical (unpaired) electrons. The second-order valence-corrected chi connectivity index (χ2v) is 7.23. The molecule has 4 heterocycles. The summed E-state index contributed by atoms with van der Waals surface area (Å²) in [5.41, 5.74) is 0.678. The zero-order valence-electron chi connectivity index (χ0n) is 13.7. The average Bonchev–Trinajstić information content (AvgIpc) is 3.14. The molecule has 4 rings (SSSR count). The summed E-state index contributed by atoms with van der Waals surface area (Å²) in [6, 6.07) is 0.199. The van der Waals surface area contributed by atoms with Gasteiger partial charge in [-0.2, -0.15) is 0 Å². The summed E-state index contributed by atoms with van der Waals surface area (Å²) >= 11 is 0. The lowest BCUT2D eigenvalue weighted by Crippen LogP contribution is -2.55. The maximum Gasteiger partial charge on any atom is 0.334 e. The fraction of sp³-hybridized carbons (Fsp3) is 0.667. The molecular formula is C18H23NO4. The van der Waals surface area contributed by atoms with E-state index in [-0.39, 0.29) is 30.0 Å². The van der Waals surface area contributed by atoms with E-state index in [1.807, 2.05) is 19.1 Å². The first-order valence-corrected chi connectivity index (χ1v) is 8.57. The Kier molecular flexibility index (Phi) is 3.38. The minimum atomic E-state index is -0.653. The van der Waals surface area contributed by atoms with Gasteiger partial charge in [-0.05, 0) is 64.8 Å². The van der Waals surface area contributed by atoms with Gasteiger partial charge in [0.1, 0.15) is 6.10 Å². The van der Waals surface area contributed by atoms with E-state index >= 15 is 0 Å². The number of hydrogen-bond donors (Lipinski definition) is 0. The van der Waals surface area contributed by atoms with Gasteiger partial charge in [0.25, 0.3) is 0 Å². The van der Waals surface area contributed by atoms with E-state index in [0.717, 1.165) is 38.8 Å². The smallest absolute Gasteiger partial charge is 0.334 e. The van der Waals surface area contributed by atoms with Gasteiger partial charge in [0, 0.05) is 17.1 Å². The normalized spacial score (nSPS) is 40.5. The largest absolute Gasteiger partial charge is 0.454 e. The van der Waals surface area contributed by atoms with Crippen LogP contribution in [0, 0.1) is 5.92 Å². The Morgan fingerprint density at radius 3 is 2.43 bits per heavy atom. The molecule has 5 nitrogen and oxygen atoms in total. The van der Waals surface area contributed by atoms with Gasteiger partial charge in [0.2, 0.25) is 0 Å². The molecule has 0 aliphatic carbocycles. The number of carbonyl (C=O) groups is 2. The van der Waals surface area contributed by atoms with Crippen molar-refractivity contribution in [2.45, 2.75) is 57.3 Å². The van der Waals surface area contributed by atoms with Crippen LogP contribution in [0.3, 0.4) is 0 Å². The van der Waals surface area contributed by atoms with Crippen molar-refractivity contribution < 1.29 is 19.1 Å². The molecule has 0 aromatic heterocycles. The average molecular weight is 317 g/mol. The molecule has 4 aliphatic rings. The lowest BCUT2D eigenvalue weighted by molar-refractivity contribution is -0.163. The zero-order valence-corrected chi connectivity index (χ0v) is 13.7. The summed E-state index contributed by atoms with van der Waals surface area (Å²) in [5.74, 6) is -0.477. The minimum Gasteiger partial charge on any atom is -0.454 e. The molecule has 1 spiro atoms. The topological polar surface area (TPSA) is 55.8 Å². The standard InChI is InChI=1S/C18H23NO4/c1-11-9-14(22-16(11)20)13-5-3-7-19-8-4-6-15(19)18(13)10-12(2)17(21)23-18/h9-10,13-15H,3-8H2,1-2H3. The third-order valence-electron chi connectivity index (χ3n) is 5.83. The van der Waals surface area contributed by atoms with Gasteiger partial charge in [-0.25, -0.2) is 9.59 Å². The molecule has 0 aromatic carbocycles. The number of fused-ring (bicyclic) bond motifs is 2. The van der Waals surface area contributed by atoms with Gasteiger partial charge in [-0.15, -0.1) is 0 Å². The summed E-state index contributed by atoms with van der Waals surface area (Å²) in [6.07, 6.45) is 7.72. The molecule has 4 unspecified atom stereocenters. The summed E-state index contributed by atoms with van der Waals surface area (Å²) in [5, 5.41) is 0. The van der Waals surface area contributed by atoms with Crippen LogP contribution in [0.5, 0.6) is 0 Å². The van der Waals surface area contributed by atoms with Crippen molar-refractivity contribution in [3.05, 3.63) is 23.3 Å². The van der Waals surface area contributed by atoms with Crippen LogP contribution in [-0.4, -0.2) is 47.7 Å². The molecule has 4 aliphatic heterocycles. The van der Waals surface area contributed by atoms with Crippen molar-refractivity contribution in [1.29, 1.82) is 0 Å². The van der Waals surface area contributed by atoms with Crippen molar-refractivity contribution in [2.24, 2.45) is 5.92 Å². The highest BCUT2D eigenvalue weighted by Gasteiger charge is 2.58. The van der Waals surface area contributed by atoms with Crippen molar-refractivity contribution in [2.75, 3.05) is 13.1 Å². The highest BCUT2D eigenvalue weighted by molar-refractivity contribution is 5.92. The van der Waals surface area contributed by atoms with E-state index < -0.39 is 5.60 Å². The zero-order chi connectivity index (χ0) is 16.2. The highest BCUT2D eigenvalue weighted by atomic mass is 16.6. The molecule has 0 saturated carbocycles. The van der Waals surface area contributed by atoms with E-state index in [4.69, 9.17) is 9.47 Å². The molecule has 124 valence electrons. The lowest BCUT2D eigenvalue weighted by Gasteiger charge is -2.42. The summed E-state index contributed by atoms with van der Waals surface area (Å²) in [7, 11) is 0. The maximum absolute atomic E-state index is 12.2.